The number of hydrogen-bond donors (Lipinski definition) is 1. The Morgan fingerprint density at radius 2 is 1.54 bits per heavy atom. The van der Waals surface area contributed by atoms with Crippen molar-refractivity contribution in [1.29, 1.82) is 0 Å². The number of fused-ring (bicyclic) bond motifs is 5. The SMILES string of the molecule is Cc1ccc(-c2c3c(=O)n(C)c(=O)n(C)c3c3n2-c2ccccc2N[C@@H]3c2ccccc2F)cc1. The van der Waals surface area contributed by atoms with Gasteiger partial charge in [-0.25, -0.2) is 9.18 Å². The van der Waals surface area contributed by atoms with E-state index in [1.54, 1.807) is 25.2 Å². The third-order valence-electron chi connectivity index (χ3n) is 6.87. The average molecular weight is 467 g/mol. The standard InChI is InChI=1S/C28H23FN4O2/c1-16-12-14-17(15-13-16)24-22-25(31(2)28(35)32(3)27(22)34)26-23(18-8-4-5-9-19(18)29)30-20-10-6-7-11-21(20)33(24)26/h4-15,23,30H,1-3H3/t23-/m1/s1. The number of para-hydroxylation sites is 2. The molecule has 0 amide bonds. The van der Waals surface area contributed by atoms with Crippen molar-refractivity contribution in [2.75, 3.05) is 5.32 Å². The molecule has 6 rings (SSSR count). The molecular formula is C28H23FN4O2. The van der Waals surface area contributed by atoms with Gasteiger partial charge >= 0.3 is 5.69 Å². The summed E-state index contributed by atoms with van der Waals surface area (Å²) in [5, 5.41) is 3.90. The maximum absolute atomic E-state index is 15.2. The molecule has 0 saturated heterocycles. The van der Waals surface area contributed by atoms with Crippen molar-refractivity contribution in [3.05, 3.63) is 116 Å². The number of anilines is 1. The molecule has 0 radical (unpaired) electrons. The molecule has 3 aromatic carbocycles. The van der Waals surface area contributed by atoms with Crippen molar-refractivity contribution in [2.45, 2.75) is 13.0 Å². The quantitative estimate of drug-likeness (QED) is 0.412. The lowest BCUT2D eigenvalue weighted by Gasteiger charge is -2.31. The Labute approximate surface area is 200 Å². The van der Waals surface area contributed by atoms with Crippen LogP contribution in [0.3, 0.4) is 0 Å². The van der Waals surface area contributed by atoms with Crippen LogP contribution in [0.5, 0.6) is 0 Å². The Morgan fingerprint density at radius 1 is 0.857 bits per heavy atom. The molecule has 0 spiro atoms. The predicted molar refractivity (Wildman–Crippen MR) is 136 cm³/mol. The van der Waals surface area contributed by atoms with Gasteiger partial charge in [-0.05, 0) is 30.7 Å². The summed E-state index contributed by atoms with van der Waals surface area (Å²) < 4.78 is 19.8. The third-order valence-corrected chi connectivity index (χ3v) is 6.87. The molecule has 7 heteroatoms. The summed E-state index contributed by atoms with van der Waals surface area (Å²) >= 11 is 0. The highest BCUT2D eigenvalue weighted by Gasteiger charge is 2.35. The summed E-state index contributed by atoms with van der Waals surface area (Å²) in [5.41, 5.74) is 5.01. The van der Waals surface area contributed by atoms with Crippen molar-refractivity contribution < 1.29 is 4.39 Å². The van der Waals surface area contributed by atoms with Crippen molar-refractivity contribution in [1.82, 2.24) is 13.7 Å². The van der Waals surface area contributed by atoms with Gasteiger partial charge in [0.15, 0.2) is 0 Å². The molecule has 0 aliphatic carbocycles. The molecule has 6 nitrogen and oxygen atoms in total. The van der Waals surface area contributed by atoms with Crippen LogP contribution < -0.4 is 16.6 Å². The highest BCUT2D eigenvalue weighted by molar-refractivity contribution is 5.99. The maximum atomic E-state index is 15.2. The molecule has 0 unspecified atom stereocenters. The van der Waals surface area contributed by atoms with Crippen LogP contribution in [0.15, 0.2) is 82.4 Å². The fourth-order valence-corrected chi connectivity index (χ4v) is 5.15. The van der Waals surface area contributed by atoms with Crippen molar-refractivity contribution in [2.24, 2.45) is 14.1 Å². The van der Waals surface area contributed by atoms with Gasteiger partial charge in [-0.3, -0.25) is 13.9 Å². The zero-order valence-electron chi connectivity index (χ0n) is 19.5. The van der Waals surface area contributed by atoms with Crippen molar-refractivity contribution >= 4 is 16.6 Å². The Morgan fingerprint density at radius 3 is 2.29 bits per heavy atom. The van der Waals surface area contributed by atoms with E-state index < -0.39 is 11.7 Å². The van der Waals surface area contributed by atoms with E-state index in [4.69, 9.17) is 0 Å². The summed E-state index contributed by atoms with van der Waals surface area (Å²) in [5.74, 6) is -0.365. The molecule has 1 aliphatic rings. The van der Waals surface area contributed by atoms with Crippen molar-refractivity contribution in [3.8, 4) is 16.9 Å². The van der Waals surface area contributed by atoms with E-state index >= 15 is 4.39 Å². The van der Waals surface area contributed by atoms with Gasteiger partial charge in [-0.15, -0.1) is 0 Å². The van der Waals surface area contributed by atoms with E-state index in [0.717, 1.165) is 27.1 Å². The number of benzene rings is 3. The molecule has 3 heterocycles. The summed E-state index contributed by atoms with van der Waals surface area (Å²) in [6, 6.07) is 21.7. The molecule has 35 heavy (non-hydrogen) atoms. The first-order valence-electron chi connectivity index (χ1n) is 11.4. The van der Waals surface area contributed by atoms with Crippen LogP contribution in [0.1, 0.15) is 22.9 Å². The van der Waals surface area contributed by atoms with Gasteiger partial charge in [-0.1, -0.05) is 60.2 Å². The second kappa shape index (κ2) is 7.56. The van der Waals surface area contributed by atoms with Gasteiger partial charge in [0.05, 0.1) is 39.7 Å². The molecule has 0 fully saturated rings. The fraction of sp³-hybridized carbons (Fsp3) is 0.143. The largest absolute Gasteiger partial charge is 0.371 e. The first-order chi connectivity index (χ1) is 16.9. The highest BCUT2D eigenvalue weighted by Crippen LogP contribution is 2.45. The summed E-state index contributed by atoms with van der Waals surface area (Å²) in [4.78, 5) is 26.7. The van der Waals surface area contributed by atoms with Crippen LogP contribution in [-0.4, -0.2) is 13.7 Å². The number of aryl methyl sites for hydroxylation is 2. The van der Waals surface area contributed by atoms with Crippen LogP contribution in [-0.2, 0) is 14.1 Å². The smallest absolute Gasteiger partial charge is 0.331 e. The molecule has 5 aromatic rings. The average Bonchev–Trinajstić information content (AvgIpc) is 3.23. The van der Waals surface area contributed by atoms with E-state index in [2.05, 4.69) is 5.32 Å². The molecule has 2 aromatic heterocycles. The summed E-state index contributed by atoms with van der Waals surface area (Å²) in [6.45, 7) is 2.01. The second-order valence-corrected chi connectivity index (χ2v) is 8.98. The molecular weight excluding hydrogens is 443 g/mol. The van der Waals surface area contributed by atoms with Gasteiger partial charge in [-0.2, -0.15) is 0 Å². The monoisotopic (exact) mass is 466 g/mol. The first-order valence-corrected chi connectivity index (χ1v) is 11.4. The number of rotatable bonds is 2. The fourth-order valence-electron chi connectivity index (χ4n) is 5.15. The zero-order chi connectivity index (χ0) is 24.4. The van der Waals surface area contributed by atoms with Gasteiger partial charge in [0.25, 0.3) is 5.56 Å². The number of nitrogens with zero attached hydrogens (tertiary/aromatic N) is 3. The lowest BCUT2D eigenvalue weighted by atomic mass is 9.99. The van der Waals surface area contributed by atoms with Gasteiger partial charge in [0.1, 0.15) is 5.82 Å². The topological polar surface area (TPSA) is 61.0 Å². The van der Waals surface area contributed by atoms with Gasteiger partial charge in [0, 0.05) is 19.7 Å². The van der Waals surface area contributed by atoms with Crippen LogP contribution in [0.25, 0.3) is 27.8 Å². The molecule has 0 bridgehead atoms. The minimum absolute atomic E-state index is 0.365. The maximum Gasteiger partial charge on any atom is 0.331 e. The predicted octanol–water partition coefficient (Wildman–Crippen LogP) is 4.66. The Hall–Kier alpha value is -4.39. The second-order valence-electron chi connectivity index (χ2n) is 8.98. The first kappa shape index (κ1) is 21.2. The Bertz CT molecular complexity index is 1760. The molecule has 1 aliphatic heterocycles. The van der Waals surface area contributed by atoms with Crippen LogP contribution in [0, 0.1) is 12.7 Å². The highest BCUT2D eigenvalue weighted by atomic mass is 19.1. The number of hydrogen-bond acceptors (Lipinski definition) is 3. The number of nitrogens with one attached hydrogen (secondary N) is 1. The Kier molecular flexibility index (Phi) is 4.57. The molecule has 1 N–H and O–H groups in total. The number of halogens is 1. The van der Waals surface area contributed by atoms with Gasteiger partial charge in [0.2, 0.25) is 0 Å². The third kappa shape index (κ3) is 2.94. The number of aromatic nitrogens is 3. The minimum atomic E-state index is -0.620. The lowest BCUT2D eigenvalue weighted by Crippen LogP contribution is -2.37. The van der Waals surface area contributed by atoms with Crippen molar-refractivity contribution in [3.63, 3.8) is 0 Å². The Balaban J connectivity index is 1.88. The molecule has 174 valence electrons. The van der Waals surface area contributed by atoms with Crippen LogP contribution >= 0.6 is 0 Å². The van der Waals surface area contributed by atoms with E-state index in [9.17, 15) is 9.59 Å². The molecule has 0 saturated carbocycles. The van der Waals surface area contributed by atoms with Gasteiger partial charge < -0.3 is 9.88 Å². The van der Waals surface area contributed by atoms with E-state index in [-0.39, 0.29) is 11.4 Å². The zero-order valence-corrected chi connectivity index (χ0v) is 19.5. The van der Waals surface area contributed by atoms with Crippen LogP contribution in [0.4, 0.5) is 10.1 Å². The van der Waals surface area contributed by atoms with Crippen LogP contribution in [0.2, 0.25) is 0 Å². The summed E-state index contributed by atoms with van der Waals surface area (Å²) in [6.07, 6.45) is 0. The summed E-state index contributed by atoms with van der Waals surface area (Å²) in [7, 11) is 3.14. The van der Waals surface area contributed by atoms with E-state index in [1.807, 2.05) is 60.0 Å². The van der Waals surface area contributed by atoms with E-state index in [1.165, 1.54) is 17.7 Å². The lowest BCUT2D eigenvalue weighted by molar-refractivity contribution is 0.599. The minimum Gasteiger partial charge on any atom is -0.371 e. The molecule has 1 atom stereocenters. The normalized spacial score (nSPS) is 14.5. The van der Waals surface area contributed by atoms with E-state index in [0.29, 0.717) is 27.9 Å².